The Bertz CT molecular complexity index is 1310. The highest BCUT2D eigenvalue weighted by Gasteiger charge is 2.24. The second-order valence-corrected chi connectivity index (χ2v) is 10.1. The summed E-state index contributed by atoms with van der Waals surface area (Å²) in [5.74, 6) is 0.248. The summed E-state index contributed by atoms with van der Waals surface area (Å²) in [7, 11) is 0. The zero-order chi connectivity index (χ0) is 24.2. The predicted octanol–water partition coefficient (Wildman–Crippen LogP) is 6.45. The number of anilines is 1. The molecule has 4 aromatic rings. The van der Waals surface area contributed by atoms with Gasteiger partial charge in [0.15, 0.2) is 0 Å². The van der Waals surface area contributed by atoms with Gasteiger partial charge in [0.25, 0.3) is 5.91 Å². The van der Waals surface area contributed by atoms with Crippen molar-refractivity contribution in [1.29, 1.82) is 0 Å². The van der Waals surface area contributed by atoms with E-state index < -0.39 is 0 Å². The molecule has 1 aliphatic rings. The number of thiazole rings is 1. The molecular weight excluding hydrogens is 452 g/mol. The molecule has 5 nitrogen and oxygen atoms in total. The Kier molecular flexibility index (Phi) is 7.02. The number of nitrogens with zero attached hydrogens (tertiary/aromatic N) is 3. The van der Waals surface area contributed by atoms with Crippen molar-refractivity contribution >= 4 is 22.9 Å². The van der Waals surface area contributed by atoms with Gasteiger partial charge in [0.1, 0.15) is 5.69 Å². The lowest BCUT2D eigenvalue weighted by molar-refractivity contribution is 0.102. The standard InChI is InChI=1S/C29H30N4OS/c1-20-10-12-22(13-11-20)25-8-3-4-9-26(25)31-28(34)27-19-35-29(32-27)23-14-16-33(17-15-23)18-24-7-5-6-21(2)30-24/h3-13,19,23H,14-18H2,1-2H3,(H,31,34). The van der Waals surface area contributed by atoms with Crippen LogP contribution in [0.2, 0.25) is 0 Å². The van der Waals surface area contributed by atoms with Gasteiger partial charge in [0, 0.05) is 34.8 Å². The third-order valence-corrected chi connectivity index (χ3v) is 7.57. The number of carbonyl (C=O) groups is 1. The van der Waals surface area contributed by atoms with Crippen molar-refractivity contribution in [2.75, 3.05) is 18.4 Å². The van der Waals surface area contributed by atoms with Crippen molar-refractivity contribution in [2.45, 2.75) is 39.2 Å². The van der Waals surface area contributed by atoms with Crippen molar-refractivity contribution < 1.29 is 4.79 Å². The van der Waals surface area contributed by atoms with Crippen LogP contribution in [-0.4, -0.2) is 33.9 Å². The number of aryl methyl sites for hydroxylation is 2. The molecule has 35 heavy (non-hydrogen) atoms. The fourth-order valence-corrected chi connectivity index (χ4v) is 5.57. The molecule has 6 heteroatoms. The Morgan fingerprint density at radius 1 is 0.971 bits per heavy atom. The Hall–Kier alpha value is -3.35. The van der Waals surface area contributed by atoms with E-state index >= 15 is 0 Å². The average molecular weight is 483 g/mol. The van der Waals surface area contributed by atoms with Crippen LogP contribution in [0.15, 0.2) is 72.1 Å². The van der Waals surface area contributed by atoms with Gasteiger partial charge in [-0.2, -0.15) is 0 Å². The van der Waals surface area contributed by atoms with Gasteiger partial charge >= 0.3 is 0 Å². The van der Waals surface area contributed by atoms with Gasteiger partial charge in [0.2, 0.25) is 0 Å². The molecule has 0 unspecified atom stereocenters. The lowest BCUT2D eigenvalue weighted by Crippen LogP contribution is -2.32. The van der Waals surface area contributed by atoms with Crippen LogP contribution >= 0.6 is 11.3 Å². The quantitative estimate of drug-likeness (QED) is 0.343. The van der Waals surface area contributed by atoms with Crippen molar-refractivity contribution in [3.8, 4) is 11.1 Å². The minimum absolute atomic E-state index is 0.157. The van der Waals surface area contributed by atoms with Crippen LogP contribution in [0.4, 0.5) is 5.69 Å². The third-order valence-electron chi connectivity index (χ3n) is 6.56. The average Bonchev–Trinajstić information content (AvgIpc) is 3.36. The number of aromatic nitrogens is 2. The monoisotopic (exact) mass is 482 g/mol. The summed E-state index contributed by atoms with van der Waals surface area (Å²) in [5, 5.41) is 6.04. The summed E-state index contributed by atoms with van der Waals surface area (Å²) < 4.78 is 0. The summed E-state index contributed by atoms with van der Waals surface area (Å²) in [6.07, 6.45) is 2.10. The maximum Gasteiger partial charge on any atom is 0.275 e. The lowest BCUT2D eigenvalue weighted by Gasteiger charge is -2.30. The van der Waals surface area contributed by atoms with E-state index in [0.29, 0.717) is 11.6 Å². The van der Waals surface area contributed by atoms with E-state index in [1.54, 1.807) is 11.3 Å². The van der Waals surface area contributed by atoms with Gasteiger partial charge in [-0.3, -0.25) is 14.7 Å². The highest BCUT2D eigenvalue weighted by Crippen LogP contribution is 2.32. The summed E-state index contributed by atoms with van der Waals surface area (Å²) in [6.45, 7) is 7.03. The molecular formula is C29H30N4OS. The molecule has 0 radical (unpaired) electrons. The van der Waals surface area contributed by atoms with Crippen LogP contribution in [0.3, 0.4) is 0 Å². The van der Waals surface area contributed by atoms with Gasteiger partial charge in [-0.05, 0) is 63.5 Å². The molecule has 1 amide bonds. The van der Waals surface area contributed by atoms with Crippen LogP contribution in [0.25, 0.3) is 11.1 Å². The van der Waals surface area contributed by atoms with E-state index in [0.717, 1.165) is 65.7 Å². The number of likely N-dealkylation sites (tertiary alicyclic amines) is 1. The van der Waals surface area contributed by atoms with Gasteiger partial charge in [-0.15, -0.1) is 11.3 Å². The first-order chi connectivity index (χ1) is 17.0. The fraction of sp³-hybridized carbons (Fsp3) is 0.276. The highest BCUT2D eigenvalue weighted by molar-refractivity contribution is 7.10. The number of carbonyl (C=O) groups excluding carboxylic acids is 1. The van der Waals surface area contributed by atoms with Crippen molar-refractivity contribution in [1.82, 2.24) is 14.9 Å². The van der Waals surface area contributed by atoms with Crippen LogP contribution in [-0.2, 0) is 6.54 Å². The molecule has 178 valence electrons. The number of benzene rings is 2. The molecule has 1 N–H and O–H groups in total. The van der Waals surface area contributed by atoms with Crippen LogP contribution < -0.4 is 5.32 Å². The molecule has 0 bridgehead atoms. The van der Waals surface area contributed by atoms with Crippen LogP contribution in [0, 0.1) is 13.8 Å². The first-order valence-corrected chi connectivity index (χ1v) is 13.0. The molecule has 0 atom stereocenters. The van der Waals surface area contributed by atoms with Crippen molar-refractivity contribution in [3.05, 3.63) is 99.8 Å². The van der Waals surface area contributed by atoms with Crippen LogP contribution in [0.5, 0.6) is 0 Å². The molecule has 2 aromatic heterocycles. The molecule has 3 heterocycles. The molecule has 0 spiro atoms. The van der Waals surface area contributed by atoms with Gasteiger partial charge in [-0.1, -0.05) is 54.1 Å². The van der Waals surface area contributed by atoms with Crippen molar-refractivity contribution in [3.63, 3.8) is 0 Å². The largest absolute Gasteiger partial charge is 0.320 e. The smallest absolute Gasteiger partial charge is 0.275 e. The number of hydrogen-bond donors (Lipinski definition) is 1. The molecule has 0 aliphatic carbocycles. The maximum atomic E-state index is 13.0. The SMILES string of the molecule is Cc1ccc(-c2ccccc2NC(=O)c2csc(C3CCN(Cc4cccc(C)n4)CC3)n2)cc1. The van der Waals surface area contributed by atoms with Crippen LogP contribution in [0.1, 0.15) is 51.2 Å². The summed E-state index contributed by atoms with van der Waals surface area (Å²) in [5.41, 5.74) is 6.78. The Morgan fingerprint density at radius 2 is 1.74 bits per heavy atom. The molecule has 0 saturated carbocycles. The number of piperidine rings is 1. The Labute approximate surface area is 210 Å². The lowest BCUT2D eigenvalue weighted by atomic mass is 9.97. The van der Waals surface area contributed by atoms with E-state index in [1.807, 2.05) is 42.6 Å². The Balaban J connectivity index is 1.21. The third kappa shape index (κ3) is 5.66. The molecule has 1 saturated heterocycles. The highest BCUT2D eigenvalue weighted by atomic mass is 32.1. The normalized spacial score (nSPS) is 14.7. The van der Waals surface area contributed by atoms with E-state index in [-0.39, 0.29) is 5.91 Å². The van der Waals surface area contributed by atoms with E-state index in [2.05, 4.69) is 58.5 Å². The predicted molar refractivity (Wildman–Crippen MR) is 143 cm³/mol. The minimum Gasteiger partial charge on any atom is -0.320 e. The second kappa shape index (κ2) is 10.5. The molecule has 1 aliphatic heterocycles. The maximum absolute atomic E-state index is 13.0. The van der Waals surface area contributed by atoms with E-state index in [1.165, 1.54) is 5.56 Å². The molecule has 1 fully saturated rings. The second-order valence-electron chi connectivity index (χ2n) is 9.26. The fourth-order valence-electron chi connectivity index (χ4n) is 4.60. The first-order valence-electron chi connectivity index (χ1n) is 12.1. The van der Waals surface area contributed by atoms with Gasteiger partial charge < -0.3 is 5.32 Å². The zero-order valence-electron chi connectivity index (χ0n) is 20.2. The van der Waals surface area contributed by atoms with Crippen molar-refractivity contribution in [2.24, 2.45) is 0 Å². The minimum atomic E-state index is -0.157. The number of amides is 1. The summed E-state index contributed by atoms with van der Waals surface area (Å²) in [4.78, 5) is 24.9. The number of hydrogen-bond acceptors (Lipinski definition) is 5. The molecule has 5 rings (SSSR count). The topological polar surface area (TPSA) is 58.1 Å². The summed E-state index contributed by atoms with van der Waals surface area (Å²) >= 11 is 1.60. The van der Waals surface area contributed by atoms with Gasteiger partial charge in [0.05, 0.1) is 10.7 Å². The number of rotatable bonds is 6. The Morgan fingerprint density at radius 3 is 2.51 bits per heavy atom. The first kappa shape index (κ1) is 23.4. The number of pyridine rings is 1. The number of para-hydroxylation sites is 1. The van der Waals surface area contributed by atoms with E-state index in [4.69, 9.17) is 4.98 Å². The molecule has 2 aromatic carbocycles. The summed E-state index contributed by atoms with van der Waals surface area (Å²) in [6, 6.07) is 22.5. The number of nitrogens with one attached hydrogen (secondary N) is 1. The van der Waals surface area contributed by atoms with Gasteiger partial charge in [-0.25, -0.2) is 4.98 Å². The zero-order valence-corrected chi connectivity index (χ0v) is 21.0. The van der Waals surface area contributed by atoms with E-state index in [9.17, 15) is 4.79 Å².